The minimum absolute atomic E-state index is 0.255. The number of benzene rings is 2. The molecule has 0 fully saturated rings. The summed E-state index contributed by atoms with van der Waals surface area (Å²) in [5.41, 5.74) is 1.25. The molecular formula is C17H18FNO3. The van der Waals surface area contributed by atoms with Crippen molar-refractivity contribution in [3.8, 4) is 11.5 Å². The molecule has 2 aromatic rings. The molecule has 1 atom stereocenters. The highest BCUT2D eigenvalue weighted by atomic mass is 19.1. The lowest BCUT2D eigenvalue weighted by molar-refractivity contribution is 0.165. The summed E-state index contributed by atoms with van der Waals surface area (Å²) in [6.45, 7) is 1.85. The fourth-order valence-electron chi connectivity index (χ4n) is 2.47. The van der Waals surface area contributed by atoms with Gasteiger partial charge in [0.15, 0.2) is 11.5 Å². The smallest absolute Gasteiger partial charge is 0.165 e. The molecule has 5 heteroatoms. The van der Waals surface area contributed by atoms with Crippen LogP contribution in [0.1, 0.15) is 17.2 Å². The summed E-state index contributed by atoms with van der Waals surface area (Å²) in [4.78, 5) is 0. The maximum absolute atomic E-state index is 13.6. The van der Waals surface area contributed by atoms with Gasteiger partial charge in [-0.15, -0.1) is 0 Å². The van der Waals surface area contributed by atoms with Gasteiger partial charge in [-0.2, -0.15) is 0 Å². The molecule has 1 aliphatic heterocycles. The van der Waals surface area contributed by atoms with E-state index in [0.717, 1.165) is 17.1 Å². The number of nitrogens with one attached hydrogen (secondary N) is 1. The molecule has 4 nitrogen and oxygen atoms in total. The quantitative estimate of drug-likeness (QED) is 0.890. The first-order chi connectivity index (χ1) is 10.8. The van der Waals surface area contributed by atoms with Gasteiger partial charge in [0.2, 0.25) is 0 Å². The first kappa shape index (κ1) is 14.8. The third kappa shape index (κ3) is 3.21. The predicted octanol–water partition coefficient (Wildman–Crippen LogP) is 2.42. The van der Waals surface area contributed by atoms with Crippen LogP contribution in [-0.2, 0) is 6.54 Å². The second kappa shape index (κ2) is 6.77. The van der Waals surface area contributed by atoms with Crippen molar-refractivity contribution in [3.63, 3.8) is 0 Å². The molecule has 0 amide bonds. The van der Waals surface area contributed by atoms with E-state index in [9.17, 15) is 9.50 Å². The van der Waals surface area contributed by atoms with Gasteiger partial charge in [0, 0.05) is 24.2 Å². The van der Waals surface area contributed by atoms with Crippen molar-refractivity contribution in [1.82, 2.24) is 5.32 Å². The lowest BCUT2D eigenvalue weighted by atomic mass is 10.1. The SMILES string of the molecule is OC(CNCc1cccc2c1OCCO2)c1ccccc1F. The molecule has 0 saturated heterocycles. The molecule has 2 N–H and O–H groups in total. The number of aliphatic hydroxyl groups is 1. The van der Waals surface area contributed by atoms with Gasteiger partial charge in [0.1, 0.15) is 19.0 Å². The predicted molar refractivity (Wildman–Crippen MR) is 80.5 cm³/mol. The van der Waals surface area contributed by atoms with Gasteiger partial charge >= 0.3 is 0 Å². The number of rotatable bonds is 5. The topological polar surface area (TPSA) is 50.7 Å². The minimum Gasteiger partial charge on any atom is -0.486 e. The zero-order valence-corrected chi connectivity index (χ0v) is 12.1. The van der Waals surface area contributed by atoms with E-state index in [-0.39, 0.29) is 6.54 Å². The molecule has 0 aliphatic carbocycles. The second-order valence-electron chi connectivity index (χ2n) is 5.11. The molecule has 2 aromatic carbocycles. The van der Waals surface area contributed by atoms with Crippen LogP contribution in [0, 0.1) is 5.82 Å². The lowest BCUT2D eigenvalue weighted by Gasteiger charge is -2.21. The normalized spacial score (nSPS) is 14.6. The van der Waals surface area contributed by atoms with Crippen LogP contribution < -0.4 is 14.8 Å². The summed E-state index contributed by atoms with van der Waals surface area (Å²) < 4.78 is 24.7. The van der Waals surface area contributed by atoms with Crippen molar-refractivity contribution in [2.75, 3.05) is 19.8 Å². The summed E-state index contributed by atoms with van der Waals surface area (Å²) in [6, 6.07) is 12.0. The van der Waals surface area contributed by atoms with Crippen LogP contribution >= 0.6 is 0 Å². The number of hydrogen-bond donors (Lipinski definition) is 2. The van der Waals surface area contributed by atoms with E-state index in [1.54, 1.807) is 18.2 Å². The Balaban J connectivity index is 1.61. The summed E-state index contributed by atoms with van der Waals surface area (Å²) in [7, 11) is 0. The first-order valence-corrected chi connectivity index (χ1v) is 7.26. The number of fused-ring (bicyclic) bond motifs is 1. The molecule has 1 unspecified atom stereocenters. The van der Waals surface area contributed by atoms with E-state index < -0.39 is 11.9 Å². The van der Waals surface area contributed by atoms with E-state index in [1.807, 2.05) is 18.2 Å². The van der Waals surface area contributed by atoms with Crippen LogP contribution in [0.25, 0.3) is 0 Å². The van der Waals surface area contributed by atoms with Gasteiger partial charge in [0.25, 0.3) is 0 Å². The van der Waals surface area contributed by atoms with Crippen molar-refractivity contribution >= 4 is 0 Å². The molecule has 1 aliphatic rings. The Morgan fingerprint density at radius 2 is 1.91 bits per heavy atom. The fraction of sp³-hybridized carbons (Fsp3) is 0.294. The van der Waals surface area contributed by atoms with Crippen molar-refractivity contribution in [2.45, 2.75) is 12.6 Å². The Morgan fingerprint density at radius 3 is 2.77 bits per heavy atom. The highest BCUT2D eigenvalue weighted by molar-refractivity contribution is 5.47. The molecule has 0 aromatic heterocycles. The largest absolute Gasteiger partial charge is 0.486 e. The van der Waals surface area contributed by atoms with E-state index in [2.05, 4.69) is 5.32 Å². The van der Waals surface area contributed by atoms with Gasteiger partial charge in [-0.1, -0.05) is 30.3 Å². The number of hydrogen-bond acceptors (Lipinski definition) is 4. The Bertz CT molecular complexity index is 648. The molecular weight excluding hydrogens is 285 g/mol. The van der Waals surface area contributed by atoms with Crippen LogP contribution in [0.15, 0.2) is 42.5 Å². The molecule has 0 saturated carbocycles. The zero-order chi connectivity index (χ0) is 15.4. The molecule has 116 valence electrons. The summed E-state index contributed by atoms with van der Waals surface area (Å²) in [6.07, 6.45) is -0.891. The molecule has 0 radical (unpaired) electrons. The Hall–Kier alpha value is -2.11. The number of para-hydroxylation sites is 1. The maximum atomic E-state index is 13.6. The molecule has 1 heterocycles. The van der Waals surface area contributed by atoms with Gasteiger partial charge in [0.05, 0.1) is 6.10 Å². The van der Waals surface area contributed by atoms with E-state index in [4.69, 9.17) is 9.47 Å². The number of ether oxygens (including phenoxy) is 2. The average molecular weight is 303 g/mol. The second-order valence-corrected chi connectivity index (χ2v) is 5.11. The Kier molecular flexibility index (Phi) is 4.56. The Labute approximate surface area is 128 Å². The van der Waals surface area contributed by atoms with E-state index in [1.165, 1.54) is 6.07 Å². The van der Waals surface area contributed by atoms with Gasteiger partial charge < -0.3 is 19.9 Å². The highest BCUT2D eigenvalue weighted by Crippen LogP contribution is 2.33. The van der Waals surface area contributed by atoms with Crippen molar-refractivity contribution in [3.05, 3.63) is 59.4 Å². The van der Waals surface area contributed by atoms with Gasteiger partial charge in [-0.25, -0.2) is 4.39 Å². The monoisotopic (exact) mass is 303 g/mol. The van der Waals surface area contributed by atoms with E-state index in [0.29, 0.717) is 25.3 Å². The zero-order valence-electron chi connectivity index (χ0n) is 12.1. The highest BCUT2D eigenvalue weighted by Gasteiger charge is 2.16. The van der Waals surface area contributed by atoms with Crippen molar-refractivity contribution < 1.29 is 19.0 Å². The lowest BCUT2D eigenvalue weighted by Crippen LogP contribution is -2.23. The van der Waals surface area contributed by atoms with Crippen molar-refractivity contribution in [1.29, 1.82) is 0 Å². The number of aliphatic hydroxyl groups excluding tert-OH is 1. The fourth-order valence-corrected chi connectivity index (χ4v) is 2.47. The van der Waals surface area contributed by atoms with Crippen LogP contribution in [0.3, 0.4) is 0 Å². The van der Waals surface area contributed by atoms with E-state index >= 15 is 0 Å². The van der Waals surface area contributed by atoms with Crippen LogP contribution in [-0.4, -0.2) is 24.9 Å². The van der Waals surface area contributed by atoms with Crippen LogP contribution in [0.5, 0.6) is 11.5 Å². The standard InChI is InChI=1S/C17H18FNO3/c18-14-6-2-1-5-13(14)15(20)11-19-10-12-4-3-7-16-17(12)22-9-8-21-16/h1-7,15,19-20H,8-11H2. The first-order valence-electron chi connectivity index (χ1n) is 7.26. The molecule has 3 rings (SSSR count). The van der Waals surface area contributed by atoms with Crippen molar-refractivity contribution in [2.24, 2.45) is 0 Å². The third-order valence-corrected chi connectivity index (χ3v) is 3.57. The average Bonchev–Trinajstić information content (AvgIpc) is 2.55. The molecule has 22 heavy (non-hydrogen) atoms. The maximum Gasteiger partial charge on any atom is 0.165 e. The van der Waals surface area contributed by atoms with Gasteiger partial charge in [-0.3, -0.25) is 0 Å². The molecule has 0 spiro atoms. The number of halogens is 1. The van der Waals surface area contributed by atoms with Gasteiger partial charge in [-0.05, 0) is 12.1 Å². The summed E-state index contributed by atoms with van der Waals surface area (Å²) in [5, 5.41) is 13.2. The Morgan fingerprint density at radius 1 is 1.09 bits per heavy atom. The summed E-state index contributed by atoms with van der Waals surface area (Å²) in [5.74, 6) is 1.08. The summed E-state index contributed by atoms with van der Waals surface area (Å²) >= 11 is 0. The van der Waals surface area contributed by atoms with Crippen LogP contribution in [0.2, 0.25) is 0 Å². The van der Waals surface area contributed by atoms with Crippen LogP contribution in [0.4, 0.5) is 4.39 Å². The molecule has 0 bridgehead atoms. The minimum atomic E-state index is -0.891. The third-order valence-electron chi connectivity index (χ3n) is 3.57.